The third-order valence-electron chi connectivity index (χ3n) is 9.55. The van der Waals surface area contributed by atoms with Gasteiger partial charge in [0.15, 0.2) is 0 Å². The summed E-state index contributed by atoms with van der Waals surface area (Å²) in [7, 11) is 0. The Balaban J connectivity index is 1.31. The molecule has 0 saturated carbocycles. The first-order chi connectivity index (χ1) is 21.6. The molecule has 0 bridgehead atoms. The zero-order valence-corrected chi connectivity index (χ0v) is 24.8. The summed E-state index contributed by atoms with van der Waals surface area (Å²) in [5, 5.41) is 3.73. The van der Waals surface area contributed by atoms with E-state index in [4.69, 9.17) is 4.98 Å². The van der Waals surface area contributed by atoms with Crippen LogP contribution in [0.4, 0.5) is 0 Å². The number of aromatic nitrogens is 2. The van der Waals surface area contributed by atoms with Crippen LogP contribution in [0.1, 0.15) is 25.0 Å². The van der Waals surface area contributed by atoms with Crippen molar-refractivity contribution >= 4 is 32.7 Å². The highest BCUT2D eigenvalue weighted by Crippen LogP contribution is 2.49. The van der Waals surface area contributed by atoms with E-state index in [1.807, 2.05) is 0 Å². The lowest BCUT2D eigenvalue weighted by Crippen LogP contribution is -2.26. The van der Waals surface area contributed by atoms with E-state index in [9.17, 15) is 0 Å². The van der Waals surface area contributed by atoms with Crippen LogP contribution in [0.15, 0.2) is 146 Å². The van der Waals surface area contributed by atoms with Crippen molar-refractivity contribution in [1.82, 2.24) is 9.55 Å². The topological polar surface area (TPSA) is 17.8 Å². The van der Waals surface area contributed by atoms with Crippen LogP contribution in [0.2, 0.25) is 0 Å². The van der Waals surface area contributed by atoms with Gasteiger partial charge in [-0.05, 0) is 81.9 Å². The predicted molar refractivity (Wildman–Crippen MR) is 185 cm³/mol. The second kappa shape index (κ2) is 9.26. The Hall–Kier alpha value is -5.47. The van der Waals surface area contributed by atoms with Crippen LogP contribution >= 0.6 is 0 Å². The van der Waals surface area contributed by atoms with Gasteiger partial charge >= 0.3 is 0 Å². The maximum absolute atomic E-state index is 5.00. The van der Waals surface area contributed by atoms with Gasteiger partial charge in [0.2, 0.25) is 0 Å². The maximum Gasteiger partial charge on any atom is 0.0709 e. The van der Waals surface area contributed by atoms with Crippen molar-refractivity contribution in [2.75, 3.05) is 0 Å². The van der Waals surface area contributed by atoms with E-state index in [2.05, 4.69) is 164 Å². The minimum Gasteiger partial charge on any atom is -0.309 e. The van der Waals surface area contributed by atoms with Gasteiger partial charge < -0.3 is 4.57 Å². The van der Waals surface area contributed by atoms with Crippen molar-refractivity contribution in [3.05, 3.63) is 157 Å². The lowest BCUT2D eigenvalue weighted by molar-refractivity contribution is 0.630. The zero-order chi connectivity index (χ0) is 29.4. The fraction of sp³-hybridized carbons (Fsp3) is 0.0714. The normalized spacial score (nSPS) is 13.4. The lowest BCUT2D eigenvalue weighted by atomic mass is 9.74. The summed E-state index contributed by atoms with van der Waals surface area (Å²) in [5.41, 5.74) is 14.4. The van der Waals surface area contributed by atoms with E-state index in [0.29, 0.717) is 0 Å². The molecule has 2 heteroatoms. The second-order valence-corrected chi connectivity index (χ2v) is 12.5. The second-order valence-electron chi connectivity index (χ2n) is 12.5. The Bertz CT molecular complexity index is 2410. The fourth-order valence-electron chi connectivity index (χ4n) is 7.28. The van der Waals surface area contributed by atoms with Crippen molar-refractivity contribution in [2.24, 2.45) is 0 Å². The van der Waals surface area contributed by atoms with Crippen molar-refractivity contribution in [3.8, 4) is 39.2 Å². The number of para-hydroxylation sites is 2. The van der Waals surface area contributed by atoms with Crippen molar-refractivity contribution in [2.45, 2.75) is 19.3 Å². The molecule has 9 rings (SSSR count). The van der Waals surface area contributed by atoms with Crippen LogP contribution in [-0.4, -0.2) is 9.55 Å². The summed E-state index contributed by atoms with van der Waals surface area (Å²) in [6.45, 7) is 4.74. The van der Waals surface area contributed by atoms with Crippen molar-refractivity contribution in [1.29, 1.82) is 0 Å². The molecule has 2 nitrogen and oxygen atoms in total. The molecule has 2 aromatic heterocycles. The Kier molecular flexibility index (Phi) is 5.28. The fourth-order valence-corrected chi connectivity index (χ4v) is 7.28. The molecule has 3 heterocycles. The first-order valence-corrected chi connectivity index (χ1v) is 15.3. The first kappa shape index (κ1) is 25.1. The quantitative estimate of drug-likeness (QED) is 0.209. The first-order valence-electron chi connectivity index (χ1n) is 15.3. The van der Waals surface area contributed by atoms with Gasteiger partial charge in [0.25, 0.3) is 0 Å². The molecular formula is C42H30N2. The van der Waals surface area contributed by atoms with Crippen LogP contribution in [0, 0.1) is 0 Å². The molecule has 0 unspecified atom stereocenters. The molecule has 0 amide bonds. The van der Waals surface area contributed by atoms with Gasteiger partial charge in [-0.2, -0.15) is 0 Å². The van der Waals surface area contributed by atoms with E-state index >= 15 is 0 Å². The van der Waals surface area contributed by atoms with Gasteiger partial charge in [-0.15, -0.1) is 0 Å². The molecule has 0 saturated heterocycles. The maximum atomic E-state index is 5.00. The number of rotatable bonds is 3. The molecule has 0 aliphatic carbocycles. The molecule has 8 aromatic rings. The molecule has 6 aromatic carbocycles. The molecule has 0 N–H and O–H groups in total. The number of benzene rings is 6. The van der Waals surface area contributed by atoms with E-state index < -0.39 is 0 Å². The number of nitrogens with zero attached hydrogens (tertiary/aromatic N) is 2. The Labute approximate surface area is 256 Å². The minimum absolute atomic E-state index is 0.158. The van der Waals surface area contributed by atoms with E-state index in [1.165, 1.54) is 60.9 Å². The van der Waals surface area contributed by atoms with Gasteiger partial charge in [0, 0.05) is 27.1 Å². The molecular weight excluding hydrogens is 532 g/mol. The van der Waals surface area contributed by atoms with Crippen molar-refractivity contribution < 1.29 is 0 Å². The SMILES string of the molecule is CC1(C)c2ccccc2-n2c3ccc(-c4ccccc4)cc3c3cc(-c4cccc(-c5ccc6ccccc6n5)c4)cc1c32. The van der Waals surface area contributed by atoms with Gasteiger partial charge in [0.05, 0.1) is 27.9 Å². The lowest BCUT2D eigenvalue weighted by Gasteiger charge is -2.35. The van der Waals surface area contributed by atoms with Crippen LogP contribution in [-0.2, 0) is 5.41 Å². The smallest absolute Gasteiger partial charge is 0.0709 e. The highest BCUT2D eigenvalue weighted by Gasteiger charge is 2.35. The summed E-state index contributed by atoms with van der Waals surface area (Å²) >= 11 is 0. The average Bonchev–Trinajstić information content (AvgIpc) is 3.41. The molecule has 1 aliphatic heterocycles. The summed E-state index contributed by atoms with van der Waals surface area (Å²) in [6, 6.07) is 52.9. The number of pyridine rings is 1. The highest BCUT2D eigenvalue weighted by atomic mass is 15.0. The number of fused-ring (bicyclic) bond motifs is 6. The molecule has 44 heavy (non-hydrogen) atoms. The molecule has 1 aliphatic rings. The molecule has 0 spiro atoms. The van der Waals surface area contributed by atoms with Crippen LogP contribution in [0.3, 0.4) is 0 Å². The van der Waals surface area contributed by atoms with Crippen molar-refractivity contribution in [3.63, 3.8) is 0 Å². The molecule has 0 fully saturated rings. The molecule has 208 valence electrons. The number of hydrogen-bond acceptors (Lipinski definition) is 1. The van der Waals surface area contributed by atoms with E-state index in [1.54, 1.807) is 0 Å². The predicted octanol–water partition coefficient (Wildman–Crippen LogP) is 11.0. The standard InChI is InChI=1S/C42H30N2/c1-42(2)35-16-7-9-18-40(35)44-39-22-20-30(27-11-4-3-5-12-27)24-33(39)34-25-32(26-36(42)41(34)44)29-14-10-15-31(23-29)38-21-19-28-13-6-8-17-37(28)43-38/h3-26H,1-2H3. The summed E-state index contributed by atoms with van der Waals surface area (Å²) in [5.74, 6) is 0. The van der Waals surface area contributed by atoms with Crippen LogP contribution in [0.25, 0.3) is 71.9 Å². The van der Waals surface area contributed by atoms with Crippen LogP contribution < -0.4 is 0 Å². The molecule has 0 atom stereocenters. The van der Waals surface area contributed by atoms with Gasteiger partial charge in [-0.25, -0.2) is 4.98 Å². The highest BCUT2D eigenvalue weighted by molar-refractivity contribution is 6.14. The third kappa shape index (κ3) is 3.64. The van der Waals surface area contributed by atoms with Gasteiger partial charge in [-0.1, -0.05) is 111 Å². The Morgan fingerprint density at radius 3 is 2.14 bits per heavy atom. The number of hydrogen-bond donors (Lipinski definition) is 0. The van der Waals surface area contributed by atoms with Crippen LogP contribution in [0.5, 0.6) is 0 Å². The van der Waals surface area contributed by atoms with E-state index in [0.717, 1.165) is 22.2 Å². The summed E-state index contributed by atoms with van der Waals surface area (Å²) in [4.78, 5) is 5.00. The van der Waals surface area contributed by atoms with Gasteiger partial charge in [0.1, 0.15) is 0 Å². The minimum atomic E-state index is -0.158. The van der Waals surface area contributed by atoms with E-state index in [-0.39, 0.29) is 5.41 Å². The zero-order valence-electron chi connectivity index (χ0n) is 24.8. The summed E-state index contributed by atoms with van der Waals surface area (Å²) in [6.07, 6.45) is 0. The Morgan fingerprint density at radius 2 is 1.23 bits per heavy atom. The monoisotopic (exact) mass is 562 g/mol. The average molecular weight is 563 g/mol. The molecule has 0 radical (unpaired) electrons. The largest absolute Gasteiger partial charge is 0.309 e. The Morgan fingerprint density at radius 1 is 0.500 bits per heavy atom. The summed E-state index contributed by atoms with van der Waals surface area (Å²) < 4.78 is 2.49. The van der Waals surface area contributed by atoms with Gasteiger partial charge in [-0.3, -0.25) is 0 Å². The third-order valence-corrected chi connectivity index (χ3v) is 9.55.